The average Bonchev–Trinajstić information content (AvgIpc) is 1.83. The molecule has 0 fully saturated rings. The minimum Gasteiger partial charge on any atom is -0.303 e. The molecule has 0 bridgehead atoms. The van der Waals surface area contributed by atoms with Gasteiger partial charge in [0, 0.05) is 12.5 Å². The molecule has 0 aliphatic rings. The minimum absolute atomic E-state index is 0.270. The number of carbonyl (C=O) groups is 1. The van der Waals surface area contributed by atoms with Crippen LogP contribution in [0.25, 0.3) is 0 Å². The van der Waals surface area contributed by atoms with Gasteiger partial charge in [0.05, 0.1) is 5.54 Å². The SMILES string of the molecule is CCC(=O)C(C)(C)NC(C)C. The molecule has 0 rings (SSSR count). The Bertz CT molecular complexity index is 138. The lowest BCUT2D eigenvalue weighted by molar-refractivity contribution is -0.124. The normalized spacial score (nSPS) is 12.2. The Hall–Kier alpha value is -0.370. The summed E-state index contributed by atoms with van der Waals surface area (Å²) in [4.78, 5) is 11.3. The Labute approximate surface area is 69.4 Å². The van der Waals surface area contributed by atoms with E-state index in [1.165, 1.54) is 0 Å². The highest BCUT2D eigenvalue weighted by molar-refractivity contribution is 5.87. The largest absolute Gasteiger partial charge is 0.303 e. The Morgan fingerprint density at radius 3 is 2.18 bits per heavy atom. The standard InChI is InChI=1S/C9H19NO/c1-6-8(11)9(4,5)10-7(2)3/h7,10H,6H2,1-5H3. The van der Waals surface area contributed by atoms with Crippen LogP contribution in [0.5, 0.6) is 0 Å². The highest BCUT2D eigenvalue weighted by atomic mass is 16.1. The smallest absolute Gasteiger partial charge is 0.152 e. The number of rotatable bonds is 4. The van der Waals surface area contributed by atoms with Crippen LogP contribution in [0.1, 0.15) is 41.0 Å². The molecule has 0 heterocycles. The van der Waals surface area contributed by atoms with Crippen LogP contribution in [0.4, 0.5) is 0 Å². The third-order valence-corrected chi connectivity index (χ3v) is 1.67. The van der Waals surface area contributed by atoms with Gasteiger partial charge in [-0.1, -0.05) is 6.92 Å². The average molecular weight is 157 g/mol. The highest BCUT2D eigenvalue weighted by Crippen LogP contribution is 2.07. The molecule has 11 heavy (non-hydrogen) atoms. The molecule has 0 aliphatic carbocycles. The summed E-state index contributed by atoms with van der Waals surface area (Å²) in [7, 11) is 0. The molecule has 0 saturated carbocycles. The zero-order valence-electron chi connectivity index (χ0n) is 8.19. The van der Waals surface area contributed by atoms with E-state index in [9.17, 15) is 4.79 Å². The van der Waals surface area contributed by atoms with Crippen molar-refractivity contribution in [3.8, 4) is 0 Å². The summed E-state index contributed by atoms with van der Waals surface area (Å²) in [6, 6.07) is 0.362. The second-order valence-corrected chi connectivity index (χ2v) is 3.70. The molecule has 0 unspecified atom stereocenters. The Balaban J connectivity index is 4.09. The number of hydrogen-bond acceptors (Lipinski definition) is 2. The van der Waals surface area contributed by atoms with Crippen molar-refractivity contribution in [1.82, 2.24) is 5.32 Å². The van der Waals surface area contributed by atoms with E-state index in [1.807, 2.05) is 34.6 Å². The molecule has 0 atom stereocenters. The van der Waals surface area contributed by atoms with Crippen molar-refractivity contribution in [3.05, 3.63) is 0 Å². The van der Waals surface area contributed by atoms with Gasteiger partial charge in [-0.05, 0) is 27.7 Å². The first-order valence-corrected chi connectivity index (χ1v) is 4.21. The third kappa shape index (κ3) is 3.51. The van der Waals surface area contributed by atoms with Gasteiger partial charge in [-0.2, -0.15) is 0 Å². The van der Waals surface area contributed by atoms with E-state index >= 15 is 0 Å². The monoisotopic (exact) mass is 157 g/mol. The van der Waals surface area contributed by atoms with Gasteiger partial charge >= 0.3 is 0 Å². The summed E-state index contributed by atoms with van der Waals surface area (Å²) >= 11 is 0. The van der Waals surface area contributed by atoms with Crippen LogP contribution in [0.3, 0.4) is 0 Å². The van der Waals surface area contributed by atoms with Crippen molar-refractivity contribution < 1.29 is 4.79 Å². The van der Waals surface area contributed by atoms with Gasteiger partial charge in [0.15, 0.2) is 5.78 Å². The number of hydrogen-bond donors (Lipinski definition) is 1. The van der Waals surface area contributed by atoms with Crippen LogP contribution >= 0.6 is 0 Å². The minimum atomic E-state index is -0.358. The fourth-order valence-electron chi connectivity index (χ4n) is 1.24. The first kappa shape index (κ1) is 10.6. The fourth-order valence-corrected chi connectivity index (χ4v) is 1.24. The summed E-state index contributed by atoms with van der Waals surface area (Å²) in [5, 5.41) is 3.22. The van der Waals surface area contributed by atoms with Gasteiger partial charge in [-0.3, -0.25) is 4.79 Å². The number of nitrogens with one attached hydrogen (secondary N) is 1. The van der Waals surface area contributed by atoms with E-state index in [0.717, 1.165) is 0 Å². The molecule has 1 N–H and O–H groups in total. The summed E-state index contributed by atoms with van der Waals surface area (Å²) in [5.74, 6) is 0.270. The van der Waals surface area contributed by atoms with Crippen LogP contribution in [0.15, 0.2) is 0 Å². The quantitative estimate of drug-likeness (QED) is 0.673. The van der Waals surface area contributed by atoms with Crippen LogP contribution in [-0.4, -0.2) is 17.4 Å². The van der Waals surface area contributed by atoms with Crippen molar-refractivity contribution in [2.45, 2.75) is 52.6 Å². The second kappa shape index (κ2) is 3.86. The lowest BCUT2D eigenvalue weighted by Crippen LogP contribution is -2.49. The molecule has 66 valence electrons. The van der Waals surface area contributed by atoms with E-state index in [0.29, 0.717) is 12.5 Å². The zero-order chi connectivity index (χ0) is 9.07. The van der Waals surface area contributed by atoms with E-state index in [4.69, 9.17) is 0 Å². The van der Waals surface area contributed by atoms with Crippen LogP contribution < -0.4 is 5.32 Å². The van der Waals surface area contributed by atoms with Crippen LogP contribution in [0, 0.1) is 0 Å². The van der Waals surface area contributed by atoms with Gasteiger partial charge in [0.25, 0.3) is 0 Å². The molecule has 0 aliphatic heterocycles. The van der Waals surface area contributed by atoms with Gasteiger partial charge in [0.1, 0.15) is 0 Å². The van der Waals surface area contributed by atoms with Crippen molar-refractivity contribution in [2.24, 2.45) is 0 Å². The predicted octanol–water partition coefficient (Wildman–Crippen LogP) is 1.74. The summed E-state index contributed by atoms with van der Waals surface area (Å²) < 4.78 is 0. The van der Waals surface area contributed by atoms with Gasteiger partial charge < -0.3 is 5.32 Å². The van der Waals surface area contributed by atoms with Crippen molar-refractivity contribution in [3.63, 3.8) is 0 Å². The van der Waals surface area contributed by atoms with Crippen LogP contribution in [-0.2, 0) is 4.79 Å². The number of carbonyl (C=O) groups excluding carboxylic acids is 1. The molecule has 2 nitrogen and oxygen atoms in total. The predicted molar refractivity (Wildman–Crippen MR) is 47.6 cm³/mol. The summed E-state index contributed by atoms with van der Waals surface area (Å²) in [6.07, 6.45) is 0.604. The maximum atomic E-state index is 11.3. The summed E-state index contributed by atoms with van der Waals surface area (Å²) in [6.45, 7) is 9.85. The fraction of sp³-hybridized carbons (Fsp3) is 0.889. The second-order valence-electron chi connectivity index (χ2n) is 3.70. The molecule has 0 radical (unpaired) electrons. The van der Waals surface area contributed by atoms with Crippen molar-refractivity contribution in [1.29, 1.82) is 0 Å². The Kier molecular flexibility index (Phi) is 3.73. The summed E-state index contributed by atoms with van der Waals surface area (Å²) in [5.41, 5.74) is -0.358. The first-order chi connectivity index (χ1) is 4.90. The molecular weight excluding hydrogens is 138 g/mol. The molecule has 0 aromatic carbocycles. The molecule has 0 amide bonds. The molecular formula is C9H19NO. The Morgan fingerprint density at radius 1 is 1.45 bits per heavy atom. The van der Waals surface area contributed by atoms with E-state index < -0.39 is 0 Å². The van der Waals surface area contributed by atoms with Gasteiger partial charge in [-0.15, -0.1) is 0 Å². The topological polar surface area (TPSA) is 29.1 Å². The molecule has 0 aromatic heterocycles. The van der Waals surface area contributed by atoms with Crippen LogP contribution in [0.2, 0.25) is 0 Å². The van der Waals surface area contributed by atoms with Crippen molar-refractivity contribution in [2.75, 3.05) is 0 Å². The van der Waals surface area contributed by atoms with Gasteiger partial charge in [-0.25, -0.2) is 0 Å². The van der Waals surface area contributed by atoms with Gasteiger partial charge in [0.2, 0.25) is 0 Å². The zero-order valence-corrected chi connectivity index (χ0v) is 8.19. The van der Waals surface area contributed by atoms with Crippen molar-refractivity contribution >= 4 is 5.78 Å². The Morgan fingerprint density at radius 2 is 1.91 bits per heavy atom. The van der Waals surface area contributed by atoms with E-state index in [-0.39, 0.29) is 11.3 Å². The number of Topliss-reactive ketones (excluding diaryl/α,β-unsaturated/α-hetero) is 1. The lowest BCUT2D eigenvalue weighted by Gasteiger charge is -2.26. The molecule has 0 spiro atoms. The maximum Gasteiger partial charge on any atom is 0.152 e. The third-order valence-electron chi connectivity index (χ3n) is 1.67. The lowest BCUT2D eigenvalue weighted by atomic mass is 9.96. The van der Waals surface area contributed by atoms with E-state index in [2.05, 4.69) is 5.32 Å². The van der Waals surface area contributed by atoms with E-state index in [1.54, 1.807) is 0 Å². The molecule has 2 heteroatoms. The first-order valence-electron chi connectivity index (χ1n) is 4.21. The maximum absolute atomic E-state index is 11.3. The molecule has 0 saturated heterocycles. The number of ketones is 1. The highest BCUT2D eigenvalue weighted by Gasteiger charge is 2.25. The molecule has 0 aromatic rings.